The molecule has 0 amide bonds. The Morgan fingerprint density at radius 2 is 1.61 bits per heavy atom. The van der Waals surface area contributed by atoms with E-state index in [2.05, 4.69) is 15.1 Å². The maximum Gasteiger partial charge on any atom is 0.247 e. The van der Waals surface area contributed by atoms with Crippen molar-refractivity contribution >= 4 is 10.0 Å². The summed E-state index contributed by atoms with van der Waals surface area (Å²) in [7, 11) is -3.45. The highest BCUT2D eigenvalue weighted by atomic mass is 32.2. The van der Waals surface area contributed by atoms with Crippen LogP contribution in [0.15, 0.2) is 63.9 Å². The summed E-state index contributed by atoms with van der Waals surface area (Å²) >= 11 is 0. The summed E-state index contributed by atoms with van der Waals surface area (Å²) < 4.78 is 32.9. The molecule has 0 aliphatic carbocycles. The van der Waals surface area contributed by atoms with E-state index in [9.17, 15) is 8.42 Å². The molecule has 3 aromatic rings. The minimum Gasteiger partial charge on any atom is -0.419 e. The van der Waals surface area contributed by atoms with Gasteiger partial charge in [0.15, 0.2) is 0 Å². The first-order valence-corrected chi connectivity index (χ1v) is 10.6. The molecule has 146 valence electrons. The highest BCUT2D eigenvalue weighted by molar-refractivity contribution is 7.89. The van der Waals surface area contributed by atoms with Gasteiger partial charge in [0.05, 0.1) is 11.4 Å². The molecule has 2 aromatic carbocycles. The number of piperazine rings is 1. The second kappa shape index (κ2) is 7.83. The van der Waals surface area contributed by atoms with Crippen LogP contribution in [0.2, 0.25) is 0 Å². The van der Waals surface area contributed by atoms with Gasteiger partial charge in [-0.05, 0) is 31.2 Å². The highest BCUT2D eigenvalue weighted by Crippen LogP contribution is 2.20. The standard InChI is InChI=1S/C20H22N4O3S/c1-16-7-9-18(10-8-16)28(25,26)24-13-11-23(12-14-24)15-19-21-22-20(27-19)17-5-3-2-4-6-17/h2-10H,11-15H2,1H3. The molecular formula is C20H22N4O3S. The molecule has 28 heavy (non-hydrogen) atoms. The fourth-order valence-electron chi connectivity index (χ4n) is 3.19. The molecule has 1 fully saturated rings. The van der Waals surface area contributed by atoms with Crippen LogP contribution in [0.5, 0.6) is 0 Å². The third-order valence-electron chi connectivity index (χ3n) is 4.84. The van der Waals surface area contributed by atoms with Crippen molar-refractivity contribution in [1.29, 1.82) is 0 Å². The molecule has 1 aromatic heterocycles. The number of rotatable bonds is 5. The van der Waals surface area contributed by atoms with Gasteiger partial charge in [0.25, 0.3) is 0 Å². The molecule has 2 heterocycles. The van der Waals surface area contributed by atoms with Crippen molar-refractivity contribution in [2.45, 2.75) is 18.4 Å². The fraction of sp³-hybridized carbons (Fsp3) is 0.300. The van der Waals surface area contributed by atoms with E-state index in [1.54, 1.807) is 12.1 Å². The van der Waals surface area contributed by atoms with Gasteiger partial charge >= 0.3 is 0 Å². The van der Waals surface area contributed by atoms with E-state index in [0.717, 1.165) is 11.1 Å². The first kappa shape index (κ1) is 18.8. The Labute approximate surface area is 164 Å². The first-order chi connectivity index (χ1) is 13.5. The van der Waals surface area contributed by atoms with E-state index in [1.165, 1.54) is 4.31 Å². The van der Waals surface area contributed by atoms with Crippen molar-refractivity contribution in [2.75, 3.05) is 26.2 Å². The number of hydrogen-bond donors (Lipinski definition) is 0. The van der Waals surface area contributed by atoms with E-state index in [0.29, 0.717) is 49.4 Å². The van der Waals surface area contributed by atoms with Gasteiger partial charge < -0.3 is 4.42 Å². The molecule has 1 aliphatic heterocycles. The Hall–Kier alpha value is -2.55. The summed E-state index contributed by atoms with van der Waals surface area (Å²) in [6.45, 7) is 4.57. The van der Waals surface area contributed by atoms with Crippen LogP contribution in [0.1, 0.15) is 11.5 Å². The van der Waals surface area contributed by atoms with Gasteiger partial charge in [0.2, 0.25) is 21.8 Å². The van der Waals surface area contributed by atoms with Gasteiger partial charge in [-0.15, -0.1) is 10.2 Å². The van der Waals surface area contributed by atoms with Gasteiger partial charge in [0.1, 0.15) is 0 Å². The normalized spacial score (nSPS) is 16.3. The fourth-order valence-corrected chi connectivity index (χ4v) is 4.62. The van der Waals surface area contributed by atoms with Crippen LogP contribution in [-0.2, 0) is 16.6 Å². The maximum atomic E-state index is 12.8. The third kappa shape index (κ3) is 3.99. The van der Waals surface area contributed by atoms with Crippen molar-refractivity contribution in [3.05, 3.63) is 66.1 Å². The lowest BCUT2D eigenvalue weighted by atomic mass is 10.2. The summed E-state index contributed by atoms with van der Waals surface area (Å²) in [4.78, 5) is 2.47. The zero-order valence-corrected chi connectivity index (χ0v) is 16.5. The molecule has 0 radical (unpaired) electrons. The molecule has 0 spiro atoms. The van der Waals surface area contributed by atoms with Crippen molar-refractivity contribution in [1.82, 2.24) is 19.4 Å². The molecular weight excluding hydrogens is 376 g/mol. The van der Waals surface area contributed by atoms with Crippen LogP contribution >= 0.6 is 0 Å². The SMILES string of the molecule is Cc1ccc(S(=O)(=O)N2CCN(Cc3nnc(-c4ccccc4)o3)CC2)cc1. The maximum absolute atomic E-state index is 12.8. The number of sulfonamides is 1. The van der Waals surface area contributed by atoms with Crippen LogP contribution < -0.4 is 0 Å². The van der Waals surface area contributed by atoms with Crippen LogP contribution in [-0.4, -0.2) is 54.0 Å². The molecule has 0 atom stereocenters. The van der Waals surface area contributed by atoms with Crippen LogP contribution in [0.4, 0.5) is 0 Å². The smallest absolute Gasteiger partial charge is 0.247 e. The minimum absolute atomic E-state index is 0.343. The number of nitrogens with zero attached hydrogens (tertiary/aromatic N) is 4. The minimum atomic E-state index is -3.45. The molecule has 4 rings (SSSR count). The van der Waals surface area contributed by atoms with Gasteiger partial charge in [-0.1, -0.05) is 35.9 Å². The number of aromatic nitrogens is 2. The molecule has 8 heteroatoms. The van der Waals surface area contributed by atoms with Crippen molar-refractivity contribution in [3.8, 4) is 11.5 Å². The van der Waals surface area contributed by atoms with Crippen LogP contribution in [0, 0.1) is 6.92 Å². The summed E-state index contributed by atoms with van der Waals surface area (Å²) in [5.41, 5.74) is 1.92. The Kier molecular flexibility index (Phi) is 5.25. The monoisotopic (exact) mass is 398 g/mol. The van der Waals surface area contributed by atoms with Crippen LogP contribution in [0.3, 0.4) is 0 Å². The van der Waals surface area contributed by atoms with Crippen LogP contribution in [0.25, 0.3) is 11.5 Å². The molecule has 7 nitrogen and oxygen atoms in total. The molecule has 1 aliphatic rings. The predicted molar refractivity (Wildman–Crippen MR) is 105 cm³/mol. The lowest BCUT2D eigenvalue weighted by Crippen LogP contribution is -2.48. The zero-order chi connectivity index (χ0) is 19.6. The number of aryl methyl sites for hydroxylation is 1. The average Bonchev–Trinajstić information content (AvgIpc) is 3.18. The second-order valence-electron chi connectivity index (χ2n) is 6.86. The predicted octanol–water partition coefficient (Wildman–Crippen LogP) is 2.55. The highest BCUT2D eigenvalue weighted by Gasteiger charge is 2.29. The number of benzene rings is 2. The summed E-state index contributed by atoms with van der Waals surface area (Å²) in [6.07, 6.45) is 0. The van der Waals surface area contributed by atoms with Crippen molar-refractivity contribution in [2.24, 2.45) is 0 Å². The van der Waals surface area contributed by atoms with Gasteiger partial charge in [0, 0.05) is 31.7 Å². The molecule has 0 saturated carbocycles. The van der Waals surface area contributed by atoms with Gasteiger partial charge in [-0.25, -0.2) is 8.42 Å². The molecule has 1 saturated heterocycles. The Morgan fingerprint density at radius 1 is 0.929 bits per heavy atom. The largest absolute Gasteiger partial charge is 0.419 e. The second-order valence-corrected chi connectivity index (χ2v) is 8.80. The van der Waals surface area contributed by atoms with E-state index >= 15 is 0 Å². The Morgan fingerprint density at radius 3 is 2.29 bits per heavy atom. The quantitative estimate of drug-likeness (QED) is 0.657. The number of hydrogen-bond acceptors (Lipinski definition) is 6. The van der Waals surface area contributed by atoms with Crippen molar-refractivity contribution in [3.63, 3.8) is 0 Å². The van der Waals surface area contributed by atoms with E-state index in [-0.39, 0.29) is 0 Å². The average molecular weight is 398 g/mol. The van der Waals surface area contributed by atoms with Gasteiger partial charge in [-0.2, -0.15) is 4.31 Å². The third-order valence-corrected chi connectivity index (χ3v) is 6.75. The van der Waals surface area contributed by atoms with E-state index in [4.69, 9.17) is 4.42 Å². The topological polar surface area (TPSA) is 79.5 Å². The van der Waals surface area contributed by atoms with Crippen molar-refractivity contribution < 1.29 is 12.8 Å². The lowest BCUT2D eigenvalue weighted by Gasteiger charge is -2.33. The van der Waals surface area contributed by atoms with E-state index in [1.807, 2.05) is 49.4 Å². The summed E-state index contributed by atoms with van der Waals surface area (Å²) in [5, 5.41) is 8.22. The van der Waals surface area contributed by atoms with E-state index < -0.39 is 10.0 Å². The molecule has 0 bridgehead atoms. The first-order valence-electron chi connectivity index (χ1n) is 9.19. The molecule has 0 unspecified atom stereocenters. The Bertz CT molecular complexity index is 1020. The summed E-state index contributed by atoms with van der Waals surface area (Å²) in [5.74, 6) is 1.03. The Balaban J connectivity index is 1.37. The zero-order valence-electron chi connectivity index (χ0n) is 15.7. The molecule has 0 N–H and O–H groups in total. The summed E-state index contributed by atoms with van der Waals surface area (Å²) in [6, 6.07) is 16.6. The van der Waals surface area contributed by atoms with Gasteiger partial charge in [-0.3, -0.25) is 4.90 Å². The lowest BCUT2D eigenvalue weighted by molar-refractivity contribution is 0.168.